The van der Waals surface area contributed by atoms with E-state index in [0.717, 1.165) is 5.56 Å². The molecule has 0 atom stereocenters. The summed E-state index contributed by atoms with van der Waals surface area (Å²) < 4.78 is 10.3. The monoisotopic (exact) mass is 431 g/mol. The average Bonchev–Trinajstić information content (AvgIpc) is 2.84. The number of hydrogen-bond acceptors (Lipinski definition) is 6. The predicted molar refractivity (Wildman–Crippen MR) is 119 cm³/mol. The van der Waals surface area contributed by atoms with Gasteiger partial charge in [0.1, 0.15) is 12.4 Å². The van der Waals surface area contributed by atoms with Crippen LogP contribution in [0.1, 0.15) is 21.5 Å². The molecular weight excluding hydrogens is 410 g/mol. The molecule has 2 N–H and O–H groups in total. The fourth-order valence-corrected chi connectivity index (χ4v) is 2.60. The van der Waals surface area contributed by atoms with Gasteiger partial charge in [0.15, 0.2) is 0 Å². The van der Waals surface area contributed by atoms with E-state index < -0.39 is 17.8 Å². The standard InChI is InChI=1S/C24H21N3O5/c1-31-24(30)19-9-7-17(8-10-19)15-25-27-23(29)22(28)26-20-11-13-21(14-12-20)32-16-18-5-3-2-4-6-18/h2-15H,16H2,1H3,(H,26,28)(H,27,29)/b25-15-. The Kier molecular flexibility index (Phi) is 7.69. The molecule has 2 amide bonds. The van der Waals surface area contributed by atoms with Crippen molar-refractivity contribution in [2.75, 3.05) is 12.4 Å². The van der Waals surface area contributed by atoms with E-state index in [-0.39, 0.29) is 0 Å². The van der Waals surface area contributed by atoms with Crippen LogP contribution in [-0.2, 0) is 20.9 Å². The summed E-state index contributed by atoms with van der Waals surface area (Å²) in [5, 5.41) is 6.23. The number of benzene rings is 3. The van der Waals surface area contributed by atoms with Crippen molar-refractivity contribution >= 4 is 29.7 Å². The van der Waals surface area contributed by atoms with Gasteiger partial charge in [-0.2, -0.15) is 5.10 Å². The van der Waals surface area contributed by atoms with Gasteiger partial charge in [-0.15, -0.1) is 0 Å². The zero-order valence-electron chi connectivity index (χ0n) is 17.3. The quantitative estimate of drug-likeness (QED) is 0.259. The molecule has 0 radical (unpaired) electrons. The number of carbonyl (C=O) groups excluding carboxylic acids is 3. The van der Waals surface area contributed by atoms with Gasteiger partial charge in [-0.1, -0.05) is 42.5 Å². The smallest absolute Gasteiger partial charge is 0.337 e. The van der Waals surface area contributed by atoms with E-state index in [9.17, 15) is 14.4 Å². The van der Waals surface area contributed by atoms with Crippen LogP contribution < -0.4 is 15.5 Å². The second-order valence-electron chi connectivity index (χ2n) is 6.57. The van der Waals surface area contributed by atoms with Gasteiger partial charge in [0.25, 0.3) is 0 Å². The normalized spacial score (nSPS) is 10.4. The van der Waals surface area contributed by atoms with E-state index in [1.807, 2.05) is 30.3 Å². The Morgan fingerprint density at radius 2 is 1.56 bits per heavy atom. The minimum Gasteiger partial charge on any atom is -0.489 e. The van der Waals surface area contributed by atoms with Gasteiger partial charge < -0.3 is 14.8 Å². The maximum Gasteiger partial charge on any atom is 0.337 e. The summed E-state index contributed by atoms with van der Waals surface area (Å²) in [4.78, 5) is 35.3. The molecule has 3 rings (SSSR count). The van der Waals surface area contributed by atoms with E-state index in [4.69, 9.17) is 4.74 Å². The molecule has 0 aromatic heterocycles. The molecule has 162 valence electrons. The number of amides is 2. The minimum atomic E-state index is -0.920. The fourth-order valence-electron chi connectivity index (χ4n) is 2.60. The topological polar surface area (TPSA) is 106 Å². The summed E-state index contributed by atoms with van der Waals surface area (Å²) in [5.41, 5.74) is 4.66. The number of nitrogens with one attached hydrogen (secondary N) is 2. The number of hydrogen-bond donors (Lipinski definition) is 2. The lowest BCUT2D eigenvalue weighted by Gasteiger charge is -2.08. The second-order valence-corrected chi connectivity index (χ2v) is 6.57. The minimum absolute atomic E-state index is 0.393. The van der Waals surface area contributed by atoms with Crippen LogP contribution in [0.25, 0.3) is 0 Å². The van der Waals surface area contributed by atoms with Crippen molar-refractivity contribution in [2.45, 2.75) is 6.61 Å². The highest BCUT2D eigenvalue weighted by Gasteiger charge is 2.13. The second kappa shape index (κ2) is 11.1. The van der Waals surface area contributed by atoms with Crippen molar-refractivity contribution in [1.82, 2.24) is 5.43 Å². The molecule has 8 heteroatoms. The molecule has 0 aliphatic rings. The van der Waals surface area contributed by atoms with Crippen LogP contribution in [0.3, 0.4) is 0 Å². The fraction of sp³-hybridized carbons (Fsp3) is 0.0833. The van der Waals surface area contributed by atoms with Crippen LogP contribution in [0.2, 0.25) is 0 Å². The first kappa shape index (κ1) is 22.2. The maximum atomic E-state index is 12.0. The van der Waals surface area contributed by atoms with Crippen molar-refractivity contribution < 1.29 is 23.9 Å². The van der Waals surface area contributed by atoms with Crippen molar-refractivity contribution in [3.05, 3.63) is 95.6 Å². The molecule has 3 aromatic rings. The van der Waals surface area contributed by atoms with Gasteiger partial charge in [0.2, 0.25) is 0 Å². The van der Waals surface area contributed by atoms with E-state index >= 15 is 0 Å². The van der Waals surface area contributed by atoms with E-state index in [2.05, 4.69) is 20.6 Å². The molecule has 8 nitrogen and oxygen atoms in total. The van der Waals surface area contributed by atoms with Crippen LogP contribution in [0.5, 0.6) is 5.75 Å². The predicted octanol–water partition coefficient (Wildman–Crippen LogP) is 3.14. The Morgan fingerprint density at radius 3 is 2.22 bits per heavy atom. The Bertz CT molecular complexity index is 1090. The number of esters is 1. The molecule has 0 saturated heterocycles. The zero-order chi connectivity index (χ0) is 22.8. The molecule has 0 fully saturated rings. The first-order valence-corrected chi connectivity index (χ1v) is 9.64. The highest BCUT2D eigenvalue weighted by molar-refractivity contribution is 6.39. The van der Waals surface area contributed by atoms with Gasteiger partial charge in [0.05, 0.1) is 18.9 Å². The van der Waals surface area contributed by atoms with E-state index in [1.54, 1.807) is 48.5 Å². The first-order chi connectivity index (χ1) is 15.5. The maximum absolute atomic E-state index is 12.0. The van der Waals surface area contributed by atoms with Crippen molar-refractivity contribution in [3.63, 3.8) is 0 Å². The summed E-state index contributed by atoms with van der Waals surface area (Å²) in [7, 11) is 1.30. The Morgan fingerprint density at radius 1 is 0.875 bits per heavy atom. The number of hydrazone groups is 1. The molecule has 0 unspecified atom stereocenters. The number of nitrogens with zero attached hydrogens (tertiary/aromatic N) is 1. The van der Waals surface area contributed by atoms with Crippen molar-refractivity contribution in [1.29, 1.82) is 0 Å². The third-order valence-corrected chi connectivity index (χ3v) is 4.28. The third kappa shape index (κ3) is 6.53. The molecule has 32 heavy (non-hydrogen) atoms. The lowest BCUT2D eigenvalue weighted by molar-refractivity contribution is -0.136. The van der Waals surface area contributed by atoms with Gasteiger partial charge in [0, 0.05) is 5.69 Å². The van der Waals surface area contributed by atoms with Crippen LogP contribution in [-0.4, -0.2) is 31.1 Å². The average molecular weight is 431 g/mol. The summed E-state index contributed by atoms with van der Waals surface area (Å²) in [6, 6.07) is 22.8. The lowest BCUT2D eigenvalue weighted by atomic mass is 10.1. The summed E-state index contributed by atoms with van der Waals surface area (Å²) in [5.74, 6) is -1.59. The van der Waals surface area contributed by atoms with Gasteiger partial charge in [-0.05, 0) is 47.5 Å². The van der Waals surface area contributed by atoms with Gasteiger partial charge in [-0.25, -0.2) is 10.2 Å². The Balaban J connectivity index is 1.46. The molecule has 3 aromatic carbocycles. The van der Waals surface area contributed by atoms with Crippen LogP contribution in [0, 0.1) is 0 Å². The molecule has 0 saturated carbocycles. The SMILES string of the molecule is COC(=O)c1ccc(/C=N\NC(=O)C(=O)Nc2ccc(OCc3ccccc3)cc2)cc1. The molecule has 0 heterocycles. The largest absolute Gasteiger partial charge is 0.489 e. The summed E-state index contributed by atoms with van der Waals surface area (Å²) in [6.45, 7) is 0.429. The summed E-state index contributed by atoms with van der Waals surface area (Å²) >= 11 is 0. The van der Waals surface area contributed by atoms with E-state index in [0.29, 0.717) is 29.2 Å². The highest BCUT2D eigenvalue weighted by Crippen LogP contribution is 2.17. The molecule has 0 bridgehead atoms. The van der Waals surface area contributed by atoms with Crippen molar-refractivity contribution in [2.24, 2.45) is 5.10 Å². The molecule has 0 aliphatic heterocycles. The summed E-state index contributed by atoms with van der Waals surface area (Å²) in [6.07, 6.45) is 1.35. The number of carbonyl (C=O) groups is 3. The Hall–Kier alpha value is -4.46. The van der Waals surface area contributed by atoms with E-state index in [1.165, 1.54) is 13.3 Å². The number of anilines is 1. The number of rotatable bonds is 7. The van der Waals surface area contributed by atoms with Gasteiger partial charge in [-0.3, -0.25) is 9.59 Å². The van der Waals surface area contributed by atoms with Crippen molar-refractivity contribution in [3.8, 4) is 5.75 Å². The van der Waals surface area contributed by atoms with Gasteiger partial charge >= 0.3 is 17.8 Å². The highest BCUT2D eigenvalue weighted by atomic mass is 16.5. The lowest BCUT2D eigenvalue weighted by Crippen LogP contribution is -2.32. The molecule has 0 spiro atoms. The molecule has 0 aliphatic carbocycles. The van der Waals surface area contributed by atoms with Crippen LogP contribution in [0.4, 0.5) is 5.69 Å². The number of methoxy groups -OCH3 is 1. The van der Waals surface area contributed by atoms with Crippen LogP contribution in [0.15, 0.2) is 84.0 Å². The number of ether oxygens (including phenoxy) is 2. The first-order valence-electron chi connectivity index (χ1n) is 9.64. The molecular formula is C24H21N3O5. The van der Waals surface area contributed by atoms with Crippen LogP contribution >= 0.6 is 0 Å². The Labute approximate surface area is 184 Å². The zero-order valence-corrected chi connectivity index (χ0v) is 17.3. The third-order valence-electron chi connectivity index (χ3n) is 4.28.